The third kappa shape index (κ3) is 3.80. The van der Waals surface area contributed by atoms with Crippen LogP contribution in [-0.2, 0) is 0 Å². The Balaban J connectivity index is 2.15. The van der Waals surface area contributed by atoms with E-state index in [1.165, 1.54) is 40.6 Å². The fraction of sp³-hybridized carbons (Fsp3) is 0.571. The van der Waals surface area contributed by atoms with E-state index in [4.69, 9.17) is 0 Å². The van der Waals surface area contributed by atoms with Crippen molar-refractivity contribution in [1.82, 2.24) is 5.32 Å². The van der Waals surface area contributed by atoms with Crippen LogP contribution in [0.15, 0.2) is 23.1 Å². The van der Waals surface area contributed by atoms with Crippen LogP contribution in [0.5, 0.6) is 0 Å². The van der Waals surface area contributed by atoms with E-state index in [0.29, 0.717) is 6.04 Å². The molecule has 94 valence electrons. The second-order valence-electron chi connectivity index (χ2n) is 4.60. The highest BCUT2D eigenvalue weighted by Crippen LogP contribution is 2.32. The fourth-order valence-electron chi connectivity index (χ4n) is 2.35. The van der Waals surface area contributed by atoms with E-state index in [2.05, 4.69) is 52.4 Å². The van der Waals surface area contributed by atoms with Crippen LogP contribution in [0.2, 0.25) is 0 Å². The van der Waals surface area contributed by atoms with Gasteiger partial charge in [-0.2, -0.15) is 0 Å². The number of hydrogen-bond donors (Lipinski definition) is 1. The molecule has 1 aromatic heterocycles. The van der Waals surface area contributed by atoms with Gasteiger partial charge in [0.25, 0.3) is 0 Å². The van der Waals surface area contributed by atoms with Crippen molar-refractivity contribution in [3.05, 3.63) is 31.5 Å². The van der Waals surface area contributed by atoms with Crippen molar-refractivity contribution >= 4 is 33.9 Å². The van der Waals surface area contributed by atoms with E-state index in [0.717, 1.165) is 6.54 Å². The standard InChI is InChI=1S/C14H20INS/c1-2-8-16-14(11-6-4-3-5-7-11)12-9-13(15)17-10-12/h6,9-10,14,16H,2-5,7-8H2,1H3. The molecular weight excluding hydrogens is 341 g/mol. The minimum absolute atomic E-state index is 0.468. The van der Waals surface area contributed by atoms with Crippen LogP contribution < -0.4 is 5.32 Å². The first-order chi connectivity index (χ1) is 8.31. The Morgan fingerprint density at radius 2 is 2.35 bits per heavy atom. The summed E-state index contributed by atoms with van der Waals surface area (Å²) in [6.45, 7) is 3.34. The van der Waals surface area contributed by atoms with Gasteiger partial charge in [-0.1, -0.05) is 18.6 Å². The third-order valence-electron chi connectivity index (χ3n) is 3.22. The van der Waals surface area contributed by atoms with Crippen molar-refractivity contribution in [1.29, 1.82) is 0 Å². The number of hydrogen-bond acceptors (Lipinski definition) is 2. The van der Waals surface area contributed by atoms with Crippen LogP contribution in [-0.4, -0.2) is 6.54 Å². The predicted molar refractivity (Wildman–Crippen MR) is 84.6 cm³/mol. The summed E-state index contributed by atoms with van der Waals surface area (Å²) in [5.74, 6) is 0. The van der Waals surface area contributed by atoms with Crippen molar-refractivity contribution in [3.8, 4) is 0 Å². The minimum Gasteiger partial charge on any atom is -0.307 e. The smallest absolute Gasteiger partial charge is 0.0656 e. The summed E-state index contributed by atoms with van der Waals surface area (Å²) in [6.07, 6.45) is 8.92. The topological polar surface area (TPSA) is 12.0 Å². The summed E-state index contributed by atoms with van der Waals surface area (Å²) in [4.78, 5) is 0. The quantitative estimate of drug-likeness (QED) is 0.581. The molecule has 1 aliphatic carbocycles. The van der Waals surface area contributed by atoms with Crippen molar-refractivity contribution in [2.75, 3.05) is 6.54 Å². The van der Waals surface area contributed by atoms with Crippen molar-refractivity contribution in [3.63, 3.8) is 0 Å². The molecule has 3 heteroatoms. The monoisotopic (exact) mass is 361 g/mol. The molecule has 1 nitrogen and oxygen atoms in total. The maximum Gasteiger partial charge on any atom is 0.0656 e. The molecule has 1 aromatic rings. The Morgan fingerprint density at radius 3 is 2.94 bits per heavy atom. The largest absolute Gasteiger partial charge is 0.307 e. The first-order valence-corrected chi connectivity index (χ1v) is 8.43. The molecule has 0 fully saturated rings. The molecule has 2 rings (SSSR count). The highest BCUT2D eigenvalue weighted by Gasteiger charge is 2.18. The molecule has 1 heterocycles. The summed E-state index contributed by atoms with van der Waals surface area (Å²) in [5.41, 5.74) is 3.07. The number of allylic oxidation sites excluding steroid dienone is 1. The first kappa shape index (κ1) is 13.6. The number of halogens is 1. The molecule has 0 saturated heterocycles. The first-order valence-electron chi connectivity index (χ1n) is 6.47. The Hall–Kier alpha value is 0.130. The van der Waals surface area contributed by atoms with Crippen LogP contribution >= 0.6 is 33.9 Å². The van der Waals surface area contributed by atoms with Gasteiger partial charge in [0, 0.05) is 0 Å². The molecular formula is C14H20INS. The van der Waals surface area contributed by atoms with E-state index in [-0.39, 0.29) is 0 Å². The zero-order valence-electron chi connectivity index (χ0n) is 10.3. The van der Waals surface area contributed by atoms with E-state index in [1.54, 1.807) is 5.57 Å². The van der Waals surface area contributed by atoms with Crippen LogP contribution in [0, 0.1) is 2.88 Å². The lowest BCUT2D eigenvalue weighted by molar-refractivity contribution is 0.548. The Labute approximate surface area is 122 Å². The SMILES string of the molecule is CCCNC(C1=CCCCC1)c1csc(I)c1. The fourth-order valence-corrected chi connectivity index (χ4v) is 3.75. The molecule has 0 aliphatic heterocycles. The molecule has 1 aliphatic rings. The van der Waals surface area contributed by atoms with Gasteiger partial charge in [0.05, 0.1) is 8.93 Å². The van der Waals surface area contributed by atoms with Gasteiger partial charge in [-0.05, 0) is 78.2 Å². The van der Waals surface area contributed by atoms with E-state index in [1.807, 2.05) is 11.3 Å². The number of rotatable bonds is 5. The zero-order chi connectivity index (χ0) is 12.1. The van der Waals surface area contributed by atoms with Crippen molar-refractivity contribution in [2.24, 2.45) is 0 Å². The molecule has 1 N–H and O–H groups in total. The van der Waals surface area contributed by atoms with Crippen molar-refractivity contribution < 1.29 is 0 Å². The molecule has 17 heavy (non-hydrogen) atoms. The summed E-state index contributed by atoms with van der Waals surface area (Å²) >= 11 is 4.26. The number of nitrogens with one attached hydrogen (secondary N) is 1. The lowest BCUT2D eigenvalue weighted by Crippen LogP contribution is -2.24. The second kappa shape index (κ2) is 6.90. The van der Waals surface area contributed by atoms with Crippen LogP contribution in [0.4, 0.5) is 0 Å². The second-order valence-corrected chi connectivity index (χ2v) is 7.40. The Kier molecular flexibility index (Phi) is 5.50. The molecule has 0 saturated carbocycles. The Morgan fingerprint density at radius 1 is 1.47 bits per heavy atom. The summed E-state index contributed by atoms with van der Waals surface area (Å²) in [5, 5.41) is 6.01. The maximum atomic E-state index is 3.70. The van der Waals surface area contributed by atoms with Crippen LogP contribution in [0.1, 0.15) is 50.6 Å². The lowest BCUT2D eigenvalue weighted by atomic mass is 9.91. The lowest BCUT2D eigenvalue weighted by Gasteiger charge is -2.24. The average Bonchev–Trinajstić information content (AvgIpc) is 2.78. The molecule has 1 unspecified atom stereocenters. The van der Waals surface area contributed by atoms with E-state index < -0.39 is 0 Å². The van der Waals surface area contributed by atoms with E-state index >= 15 is 0 Å². The highest BCUT2D eigenvalue weighted by molar-refractivity contribution is 14.1. The van der Waals surface area contributed by atoms with E-state index in [9.17, 15) is 0 Å². The van der Waals surface area contributed by atoms with Gasteiger partial charge >= 0.3 is 0 Å². The predicted octanol–water partition coefficient (Wildman–Crippen LogP) is 4.89. The molecule has 0 bridgehead atoms. The third-order valence-corrected chi connectivity index (χ3v) is 5.02. The number of thiophene rings is 1. The zero-order valence-corrected chi connectivity index (χ0v) is 13.3. The molecule has 0 aromatic carbocycles. The minimum atomic E-state index is 0.468. The van der Waals surface area contributed by atoms with Crippen LogP contribution in [0.3, 0.4) is 0 Å². The van der Waals surface area contributed by atoms with Crippen LogP contribution in [0.25, 0.3) is 0 Å². The summed E-state index contributed by atoms with van der Waals surface area (Å²) in [7, 11) is 0. The van der Waals surface area contributed by atoms with Gasteiger partial charge in [-0.25, -0.2) is 0 Å². The molecule has 0 amide bonds. The summed E-state index contributed by atoms with van der Waals surface area (Å²) < 4.78 is 1.39. The van der Waals surface area contributed by atoms with Gasteiger partial charge in [-0.3, -0.25) is 0 Å². The van der Waals surface area contributed by atoms with Gasteiger partial charge in [-0.15, -0.1) is 11.3 Å². The molecule has 0 spiro atoms. The normalized spacial score (nSPS) is 17.9. The van der Waals surface area contributed by atoms with Gasteiger partial charge in [0.2, 0.25) is 0 Å². The highest BCUT2D eigenvalue weighted by atomic mass is 127. The molecule has 0 radical (unpaired) electrons. The Bertz CT molecular complexity index is 383. The van der Waals surface area contributed by atoms with Gasteiger partial charge < -0.3 is 5.32 Å². The average molecular weight is 361 g/mol. The summed E-state index contributed by atoms with van der Waals surface area (Å²) in [6, 6.07) is 2.79. The van der Waals surface area contributed by atoms with Gasteiger partial charge in [0.15, 0.2) is 0 Å². The maximum absolute atomic E-state index is 3.70. The van der Waals surface area contributed by atoms with Gasteiger partial charge in [0.1, 0.15) is 0 Å². The molecule has 1 atom stereocenters. The van der Waals surface area contributed by atoms with Crippen molar-refractivity contribution in [2.45, 2.75) is 45.1 Å².